The molecule has 0 aliphatic rings. The molecule has 2 nitrogen and oxygen atoms in total. The van der Waals surface area contributed by atoms with E-state index in [-0.39, 0.29) is 24.1 Å². The molecule has 0 aliphatic heterocycles. The van der Waals surface area contributed by atoms with E-state index in [1.165, 1.54) is 6.07 Å². The van der Waals surface area contributed by atoms with E-state index in [0.717, 1.165) is 9.99 Å². The monoisotopic (exact) mass is 373 g/mol. The van der Waals surface area contributed by atoms with Crippen LogP contribution in [0.3, 0.4) is 0 Å². The van der Waals surface area contributed by atoms with Crippen LogP contribution in [-0.4, -0.2) is 11.2 Å². The fraction of sp³-hybridized carbons (Fsp3) is 0.500. The summed E-state index contributed by atoms with van der Waals surface area (Å²) in [6, 6.07) is 4.10. The summed E-state index contributed by atoms with van der Waals surface area (Å²) in [5.41, 5.74) is 6.28. The van der Waals surface area contributed by atoms with Gasteiger partial charge in [0.2, 0.25) is 0 Å². The Balaban J connectivity index is 0.00000256. The van der Waals surface area contributed by atoms with Crippen LogP contribution in [0.15, 0.2) is 18.2 Å². The zero-order valence-electron chi connectivity index (χ0n) is 9.86. The SMILES string of the molecule is CCC(C)[C@@H](O)[C@@H](N)c1cc(I)ccc1F.Cl. The minimum absolute atomic E-state index is 0. The van der Waals surface area contributed by atoms with Gasteiger partial charge in [-0.3, -0.25) is 0 Å². The largest absolute Gasteiger partial charge is 0.391 e. The van der Waals surface area contributed by atoms with Crippen LogP contribution in [0.2, 0.25) is 0 Å². The van der Waals surface area contributed by atoms with Crippen LogP contribution >= 0.6 is 35.0 Å². The van der Waals surface area contributed by atoms with E-state index < -0.39 is 12.1 Å². The Morgan fingerprint density at radius 2 is 2.06 bits per heavy atom. The lowest BCUT2D eigenvalue weighted by Crippen LogP contribution is -2.32. The molecule has 98 valence electrons. The van der Waals surface area contributed by atoms with Crippen molar-refractivity contribution >= 4 is 35.0 Å². The summed E-state index contributed by atoms with van der Waals surface area (Å²) in [5.74, 6) is -0.289. The van der Waals surface area contributed by atoms with Crippen LogP contribution in [0, 0.1) is 15.3 Å². The molecule has 0 aliphatic carbocycles. The molecule has 0 saturated heterocycles. The maximum atomic E-state index is 13.6. The van der Waals surface area contributed by atoms with Gasteiger partial charge in [0.05, 0.1) is 12.1 Å². The van der Waals surface area contributed by atoms with Gasteiger partial charge in [-0.15, -0.1) is 12.4 Å². The minimum atomic E-state index is -0.710. The highest BCUT2D eigenvalue weighted by molar-refractivity contribution is 14.1. The summed E-state index contributed by atoms with van der Waals surface area (Å²) in [7, 11) is 0. The first-order valence-electron chi connectivity index (χ1n) is 5.36. The summed E-state index contributed by atoms with van der Waals surface area (Å²) in [4.78, 5) is 0. The van der Waals surface area contributed by atoms with Crippen molar-refractivity contribution in [3.05, 3.63) is 33.1 Å². The molecule has 0 aromatic heterocycles. The van der Waals surface area contributed by atoms with Gasteiger partial charge in [-0.25, -0.2) is 4.39 Å². The second-order valence-electron chi connectivity index (χ2n) is 4.07. The number of aliphatic hydroxyl groups excluding tert-OH is 1. The lowest BCUT2D eigenvalue weighted by atomic mass is 9.91. The first-order chi connectivity index (χ1) is 7.47. The third-order valence-electron chi connectivity index (χ3n) is 2.91. The van der Waals surface area contributed by atoms with E-state index in [1.54, 1.807) is 12.1 Å². The van der Waals surface area contributed by atoms with Gasteiger partial charge in [0.25, 0.3) is 0 Å². The van der Waals surface area contributed by atoms with Crippen molar-refractivity contribution in [2.75, 3.05) is 0 Å². The van der Waals surface area contributed by atoms with Gasteiger partial charge in [0.15, 0.2) is 0 Å². The number of nitrogens with two attached hydrogens (primary N) is 1. The Labute approximate surface area is 121 Å². The van der Waals surface area contributed by atoms with E-state index in [1.807, 2.05) is 13.8 Å². The highest BCUT2D eigenvalue weighted by atomic mass is 127. The second-order valence-corrected chi connectivity index (χ2v) is 5.31. The molecular formula is C12H18ClFINO. The zero-order chi connectivity index (χ0) is 12.3. The van der Waals surface area contributed by atoms with Gasteiger partial charge < -0.3 is 10.8 Å². The highest BCUT2D eigenvalue weighted by Crippen LogP contribution is 2.25. The van der Waals surface area contributed by atoms with Crippen molar-refractivity contribution in [2.45, 2.75) is 32.4 Å². The van der Waals surface area contributed by atoms with E-state index in [9.17, 15) is 9.50 Å². The highest BCUT2D eigenvalue weighted by Gasteiger charge is 2.24. The smallest absolute Gasteiger partial charge is 0.128 e. The quantitative estimate of drug-likeness (QED) is 0.796. The predicted octanol–water partition coefficient (Wildman–Crippen LogP) is 3.26. The van der Waals surface area contributed by atoms with E-state index in [4.69, 9.17) is 5.73 Å². The molecule has 1 unspecified atom stereocenters. The Hall–Kier alpha value is 0.0900. The molecule has 0 heterocycles. The average molecular weight is 374 g/mol. The first kappa shape index (κ1) is 17.1. The van der Waals surface area contributed by atoms with Crippen LogP contribution in [0.25, 0.3) is 0 Å². The third kappa shape index (κ3) is 4.35. The van der Waals surface area contributed by atoms with E-state index in [2.05, 4.69) is 22.6 Å². The molecule has 0 amide bonds. The third-order valence-corrected chi connectivity index (χ3v) is 3.58. The molecule has 0 spiro atoms. The molecule has 0 saturated carbocycles. The van der Waals surface area contributed by atoms with Crippen LogP contribution in [0.4, 0.5) is 4.39 Å². The second kappa shape index (κ2) is 7.51. The topological polar surface area (TPSA) is 46.2 Å². The van der Waals surface area contributed by atoms with Gasteiger partial charge in [0, 0.05) is 9.13 Å². The first-order valence-corrected chi connectivity index (χ1v) is 6.43. The molecule has 0 bridgehead atoms. The van der Waals surface area contributed by atoms with Crippen LogP contribution < -0.4 is 5.73 Å². The normalized spacial score (nSPS) is 15.9. The van der Waals surface area contributed by atoms with Crippen molar-refractivity contribution in [3.63, 3.8) is 0 Å². The number of hydrogen-bond donors (Lipinski definition) is 2. The van der Waals surface area contributed by atoms with Crippen molar-refractivity contribution in [2.24, 2.45) is 11.7 Å². The fourth-order valence-electron chi connectivity index (χ4n) is 1.55. The Morgan fingerprint density at radius 1 is 1.47 bits per heavy atom. The molecule has 0 radical (unpaired) electrons. The lowest BCUT2D eigenvalue weighted by molar-refractivity contribution is 0.0867. The van der Waals surface area contributed by atoms with Crippen molar-refractivity contribution in [1.82, 2.24) is 0 Å². The fourth-order valence-corrected chi connectivity index (χ4v) is 2.06. The average Bonchev–Trinajstić information content (AvgIpc) is 2.29. The lowest BCUT2D eigenvalue weighted by Gasteiger charge is -2.24. The Bertz CT molecular complexity index is 364. The number of rotatable bonds is 4. The summed E-state index contributed by atoms with van der Waals surface area (Å²) in [5, 5.41) is 9.96. The van der Waals surface area contributed by atoms with Crippen molar-refractivity contribution < 1.29 is 9.50 Å². The predicted molar refractivity (Wildman–Crippen MR) is 78.8 cm³/mol. The van der Waals surface area contributed by atoms with Crippen molar-refractivity contribution in [1.29, 1.82) is 0 Å². The van der Waals surface area contributed by atoms with E-state index >= 15 is 0 Å². The van der Waals surface area contributed by atoms with Gasteiger partial charge in [0.1, 0.15) is 5.82 Å². The molecule has 5 heteroatoms. The van der Waals surface area contributed by atoms with Crippen LogP contribution in [-0.2, 0) is 0 Å². The Morgan fingerprint density at radius 3 is 2.59 bits per heavy atom. The number of benzene rings is 1. The van der Waals surface area contributed by atoms with Gasteiger partial charge in [-0.1, -0.05) is 20.3 Å². The molecule has 17 heavy (non-hydrogen) atoms. The van der Waals surface area contributed by atoms with Gasteiger partial charge in [-0.05, 0) is 46.7 Å². The number of aliphatic hydroxyl groups is 1. The molecule has 1 rings (SSSR count). The summed E-state index contributed by atoms with van der Waals surface area (Å²) < 4.78 is 14.5. The summed E-state index contributed by atoms with van der Waals surface area (Å²) >= 11 is 2.10. The van der Waals surface area contributed by atoms with Crippen LogP contribution in [0.1, 0.15) is 31.9 Å². The molecule has 1 aromatic rings. The number of hydrogen-bond acceptors (Lipinski definition) is 2. The maximum Gasteiger partial charge on any atom is 0.128 e. The van der Waals surface area contributed by atoms with Gasteiger partial charge in [-0.2, -0.15) is 0 Å². The van der Waals surface area contributed by atoms with Gasteiger partial charge >= 0.3 is 0 Å². The maximum absolute atomic E-state index is 13.6. The van der Waals surface area contributed by atoms with E-state index in [0.29, 0.717) is 5.56 Å². The Kier molecular flexibility index (Phi) is 7.55. The molecule has 3 atom stereocenters. The number of halogens is 3. The zero-order valence-corrected chi connectivity index (χ0v) is 12.8. The summed E-state index contributed by atoms with van der Waals surface area (Å²) in [6.45, 7) is 3.89. The molecule has 1 aromatic carbocycles. The molecule has 0 fully saturated rings. The summed E-state index contributed by atoms with van der Waals surface area (Å²) in [6.07, 6.45) is 0.109. The minimum Gasteiger partial charge on any atom is -0.391 e. The van der Waals surface area contributed by atoms with Crippen LogP contribution in [0.5, 0.6) is 0 Å². The molecular weight excluding hydrogens is 355 g/mol. The molecule has 3 N–H and O–H groups in total. The van der Waals surface area contributed by atoms with Crippen molar-refractivity contribution in [3.8, 4) is 0 Å². The standard InChI is InChI=1S/C12H17FINO.ClH/c1-3-7(2)12(16)11(15)9-6-8(14)4-5-10(9)13;/h4-7,11-12,16H,3,15H2,1-2H3;1H/t7?,11-,12+;/m0./s1.